The highest BCUT2D eigenvalue weighted by Crippen LogP contribution is 2.34. The van der Waals surface area contributed by atoms with Gasteiger partial charge in [0.1, 0.15) is 0 Å². The normalized spacial score (nSPS) is 19.2. The number of carbonyl (C=O) groups is 2. The molecule has 2 fully saturated rings. The molecule has 1 aromatic carbocycles. The van der Waals surface area contributed by atoms with Gasteiger partial charge in [0.05, 0.1) is 10.6 Å². The van der Waals surface area contributed by atoms with Gasteiger partial charge in [0.2, 0.25) is 0 Å². The van der Waals surface area contributed by atoms with Gasteiger partial charge in [-0.2, -0.15) is 0 Å². The Morgan fingerprint density at radius 2 is 1.71 bits per heavy atom. The number of rotatable bonds is 2. The Balaban J connectivity index is 1.36. The van der Waals surface area contributed by atoms with Crippen LogP contribution in [0.5, 0.6) is 0 Å². The second-order valence-corrected chi connectivity index (χ2v) is 8.52. The van der Waals surface area contributed by atoms with Gasteiger partial charge in [-0.05, 0) is 18.9 Å². The van der Waals surface area contributed by atoms with E-state index in [0.717, 1.165) is 62.2 Å². The van der Waals surface area contributed by atoms with Crippen LogP contribution >= 0.6 is 11.3 Å². The molecule has 0 unspecified atom stereocenters. The Kier molecular flexibility index (Phi) is 5.41. The van der Waals surface area contributed by atoms with Gasteiger partial charge in [-0.3, -0.25) is 9.69 Å². The summed E-state index contributed by atoms with van der Waals surface area (Å²) in [6, 6.07) is 8.41. The van der Waals surface area contributed by atoms with Crippen LogP contribution < -0.4 is 11.1 Å². The van der Waals surface area contributed by atoms with E-state index < -0.39 is 0 Å². The largest absolute Gasteiger partial charge is 0.390 e. The molecule has 2 aliphatic heterocycles. The lowest BCUT2D eigenvalue weighted by atomic mass is 10.0. The van der Waals surface area contributed by atoms with E-state index in [4.69, 9.17) is 5.73 Å². The molecule has 4 rings (SSSR count). The third kappa shape index (κ3) is 3.54. The molecule has 0 radical (unpaired) electrons. The lowest BCUT2D eigenvalue weighted by Crippen LogP contribution is -2.55. The van der Waals surface area contributed by atoms with Crippen molar-refractivity contribution >= 4 is 38.4 Å². The molecule has 0 atom stereocenters. The molecule has 2 aromatic rings. The van der Waals surface area contributed by atoms with Crippen molar-refractivity contribution in [3.8, 4) is 0 Å². The zero-order chi connectivity index (χ0) is 19.7. The fourth-order valence-electron chi connectivity index (χ4n) is 4.33. The maximum atomic E-state index is 13.1. The third-order valence-electron chi connectivity index (χ3n) is 5.92. The standard InChI is InChI=1S/C20H27N5O2S/c1-22-20(27)25-8-6-14(7-9-25)23-10-12-24(13-11-23)19(26)17-15-4-2-3-5-16(15)28-18(17)21/h2-5,14H,6-13,21H2,1H3,(H,22,27). The highest BCUT2D eigenvalue weighted by Gasteiger charge is 2.31. The summed E-state index contributed by atoms with van der Waals surface area (Å²) in [6.07, 6.45) is 1.98. The minimum Gasteiger partial charge on any atom is -0.390 e. The van der Waals surface area contributed by atoms with Crippen LogP contribution in [0.25, 0.3) is 10.1 Å². The molecule has 7 nitrogen and oxygen atoms in total. The fourth-order valence-corrected chi connectivity index (χ4v) is 5.29. The number of nitrogen functional groups attached to an aromatic ring is 1. The Morgan fingerprint density at radius 1 is 1.04 bits per heavy atom. The van der Waals surface area contributed by atoms with Crippen LogP contribution in [0.4, 0.5) is 9.80 Å². The van der Waals surface area contributed by atoms with Crippen molar-refractivity contribution in [1.29, 1.82) is 0 Å². The maximum absolute atomic E-state index is 13.1. The molecular weight excluding hydrogens is 374 g/mol. The van der Waals surface area contributed by atoms with E-state index in [-0.39, 0.29) is 11.9 Å². The number of nitrogens with one attached hydrogen (secondary N) is 1. The average molecular weight is 402 g/mol. The summed E-state index contributed by atoms with van der Waals surface area (Å²) in [5.74, 6) is 0.0454. The van der Waals surface area contributed by atoms with E-state index in [1.54, 1.807) is 7.05 Å². The lowest BCUT2D eigenvalue weighted by molar-refractivity contribution is 0.0482. The summed E-state index contributed by atoms with van der Waals surface area (Å²) in [6.45, 7) is 4.77. The van der Waals surface area contributed by atoms with E-state index in [1.165, 1.54) is 11.3 Å². The van der Waals surface area contributed by atoms with E-state index in [1.807, 2.05) is 34.1 Å². The molecule has 3 amide bonds. The molecule has 0 aliphatic carbocycles. The Labute approximate surface area is 169 Å². The number of nitrogens with two attached hydrogens (primary N) is 1. The average Bonchev–Trinajstić information content (AvgIpc) is 3.08. The molecule has 8 heteroatoms. The van der Waals surface area contributed by atoms with E-state index in [9.17, 15) is 9.59 Å². The first-order valence-electron chi connectivity index (χ1n) is 9.85. The molecule has 3 heterocycles. The van der Waals surface area contributed by atoms with Gasteiger partial charge in [-0.1, -0.05) is 18.2 Å². The number of nitrogens with zero attached hydrogens (tertiary/aromatic N) is 3. The topological polar surface area (TPSA) is 81.9 Å². The SMILES string of the molecule is CNC(=O)N1CCC(N2CCN(C(=O)c3c(N)sc4ccccc34)CC2)CC1. The summed E-state index contributed by atoms with van der Waals surface area (Å²) in [5, 5.41) is 4.26. The van der Waals surface area contributed by atoms with Gasteiger partial charge >= 0.3 is 6.03 Å². The number of fused-ring (bicyclic) bond motifs is 1. The van der Waals surface area contributed by atoms with E-state index >= 15 is 0 Å². The third-order valence-corrected chi connectivity index (χ3v) is 6.92. The number of hydrogen-bond acceptors (Lipinski definition) is 5. The highest BCUT2D eigenvalue weighted by atomic mass is 32.1. The number of thiophene rings is 1. The zero-order valence-electron chi connectivity index (χ0n) is 16.2. The van der Waals surface area contributed by atoms with Gasteiger partial charge in [0, 0.05) is 62.4 Å². The predicted molar refractivity (Wildman–Crippen MR) is 113 cm³/mol. The monoisotopic (exact) mass is 401 g/mol. The predicted octanol–water partition coefficient (Wildman–Crippen LogP) is 2.05. The molecule has 2 saturated heterocycles. The number of benzene rings is 1. The quantitative estimate of drug-likeness (QED) is 0.807. The summed E-state index contributed by atoms with van der Waals surface area (Å²) < 4.78 is 1.06. The summed E-state index contributed by atoms with van der Waals surface area (Å²) in [5.41, 5.74) is 6.84. The number of piperazine rings is 1. The number of amides is 3. The summed E-state index contributed by atoms with van der Waals surface area (Å²) >= 11 is 1.48. The van der Waals surface area contributed by atoms with Crippen LogP contribution in [0.2, 0.25) is 0 Å². The molecule has 2 aliphatic rings. The van der Waals surface area contributed by atoms with Crippen molar-refractivity contribution < 1.29 is 9.59 Å². The second-order valence-electron chi connectivity index (χ2n) is 7.44. The van der Waals surface area contributed by atoms with Gasteiger partial charge in [-0.15, -0.1) is 11.3 Å². The maximum Gasteiger partial charge on any atom is 0.317 e. The first-order valence-corrected chi connectivity index (χ1v) is 10.7. The van der Waals surface area contributed by atoms with E-state index in [2.05, 4.69) is 10.2 Å². The van der Waals surface area contributed by atoms with Crippen molar-refractivity contribution in [1.82, 2.24) is 20.0 Å². The van der Waals surface area contributed by atoms with Gasteiger partial charge in [0.15, 0.2) is 0 Å². The van der Waals surface area contributed by atoms with Crippen molar-refractivity contribution in [2.24, 2.45) is 0 Å². The smallest absolute Gasteiger partial charge is 0.317 e. The Bertz CT molecular complexity index is 867. The van der Waals surface area contributed by atoms with Crippen molar-refractivity contribution in [2.45, 2.75) is 18.9 Å². The van der Waals surface area contributed by atoms with Crippen molar-refractivity contribution in [2.75, 3.05) is 52.0 Å². The van der Waals surface area contributed by atoms with Crippen LogP contribution in [0, 0.1) is 0 Å². The number of piperidine rings is 1. The van der Waals surface area contributed by atoms with Crippen LogP contribution in [-0.2, 0) is 0 Å². The molecular formula is C20H27N5O2S. The zero-order valence-corrected chi connectivity index (χ0v) is 17.0. The van der Waals surface area contributed by atoms with Crippen LogP contribution in [0.15, 0.2) is 24.3 Å². The van der Waals surface area contributed by atoms with Crippen LogP contribution in [0.3, 0.4) is 0 Å². The Morgan fingerprint density at radius 3 is 2.39 bits per heavy atom. The minimum atomic E-state index is 0.00874. The molecule has 0 saturated carbocycles. The van der Waals surface area contributed by atoms with Gasteiger partial charge < -0.3 is 20.9 Å². The van der Waals surface area contributed by atoms with E-state index in [0.29, 0.717) is 16.6 Å². The lowest BCUT2D eigenvalue weighted by Gasteiger charge is -2.42. The number of carbonyl (C=O) groups excluding carboxylic acids is 2. The molecule has 3 N–H and O–H groups in total. The molecule has 1 aromatic heterocycles. The van der Waals surface area contributed by atoms with Crippen molar-refractivity contribution in [3.05, 3.63) is 29.8 Å². The van der Waals surface area contributed by atoms with Gasteiger partial charge in [-0.25, -0.2) is 4.79 Å². The fraction of sp³-hybridized carbons (Fsp3) is 0.500. The number of urea groups is 1. The highest BCUT2D eigenvalue weighted by molar-refractivity contribution is 7.23. The minimum absolute atomic E-state index is 0.00874. The molecule has 0 bridgehead atoms. The first-order chi connectivity index (χ1) is 13.6. The van der Waals surface area contributed by atoms with Crippen LogP contribution in [0.1, 0.15) is 23.2 Å². The molecule has 0 spiro atoms. The number of anilines is 1. The Hall–Kier alpha value is -2.32. The molecule has 28 heavy (non-hydrogen) atoms. The number of hydrogen-bond donors (Lipinski definition) is 2. The van der Waals surface area contributed by atoms with Gasteiger partial charge in [0.25, 0.3) is 5.91 Å². The molecule has 150 valence electrons. The number of likely N-dealkylation sites (tertiary alicyclic amines) is 1. The summed E-state index contributed by atoms with van der Waals surface area (Å²) in [7, 11) is 1.67. The first kappa shape index (κ1) is 19.0. The second kappa shape index (κ2) is 7.97. The summed E-state index contributed by atoms with van der Waals surface area (Å²) in [4.78, 5) is 31.1. The van der Waals surface area contributed by atoms with Crippen LogP contribution in [-0.4, -0.2) is 79.0 Å². The van der Waals surface area contributed by atoms with Crippen molar-refractivity contribution in [3.63, 3.8) is 0 Å².